The molecule has 1 saturated carbocycles. The number of aliphatic hydroxyl groups is 1. The number of nitrogens with two attached hydrogens (primary N) is 1. The molecule has 0 saturated heterocycles. The highest BCUT2D eigenvalue weighted by Gasteiger charge is 2.23. The summed E-state index contributed by atoms with van der Waals surface area (Å²) in [5.74, 6) is 1.21. The summed E-state index contributed by atoms with van der Waals surface area (Å²) in [6, 6.07) is 4.39. The quantitative estimate of drug-likeness (QED) is 0.361. The number of nitrogens with one attached hydrogen (secondary N) is 2. The van der Waals surface area contributed by atoms with Crippen molar-refractivity contribution in [3.05, 3.63) is 30.2 Å². The number of hydrogen-bond donors (Lipinski definition) is 4. The molecule has 3 rings (SSSR count). The van der Waals surface area contributed by atoms with E-state index in [4.69, 9.17) is 10.5 Å². The van der Waals surface area contributed by atoms with E-state index in [1.807, 2.05) is 43.7 Å². The Morgan fingerprint density at radius 2 is 2.13 bits per heavy atom. The third kappa shape index (κ3) is 6.45. The van der Waals surface area contributed by atoms with Crippen LogP contribution in [0.5, 0.6) is 5.75 Å². The van der Waals surface area contributed by atoms with Gasteiger partial charge in [0.2, 0.25) is 0 Å². The SMILES string of the molecule is CCN/C(C)=C\C(N)=Nc1cc(OC2CCC(NC[C@H](C)O)CC2)cc2c1ncn2C. The van der Waals surface area contributed by atoms with Crippen molar-refractivity contribution < 1.29 is 9.84 Å². The van der Waals surface area contributed by atoms with Gasteiger partial charge in [0.15, 0.2) is 0 Å². The van der Waals surface area contributed by atoms with Crippen LogP contribution in [-0.2, 0) is 7.05 Å². The lowest BCUT2D eigenvalue weighted by molar-refractivity contribution is 0.131. The Bertz CT molecular complexity index is 926. The molecule has 1 fully saturated rings. The fourth-order valence-corrected chi connectivity index (χ4v) is 3.98. The van der Waals surface area contributed by atoms with E-state index in [0.29, 0.717) is 24.1 Å². The van der Waals surface area contributed by atoms with Gasteiger partial charge in [0.25, 0.3) is 0 Å². The lowest BCUT2D eigenvalue weighted by Crippen LogP contribution is -2.39. The molecule has 1 aromatic carbocycles. The largest absolute Gasteiger partial charge is 0.490 e. The van der Waals surface area contributed by atoms with Crippen LogP contribution in [0.25, 0.3) is 11.0 Å². The summed E-state index contributed by atoms with van der Waals surface area (Å²) in [6.45, 7) is 7.28. The summed E-state index contributed by atoms with van der Waals surface area (Å²) in [5, 5.41) is 16.1. The van der Waals surface area contributed by atoms with Crippen molar-refractivity contribution in [3.63, 3.8) is 0 Å². The second-order valence-corrected chi connectivity index (χ2v) is 8.41. The second kappa shape index (κ2) is 10.6. The van der Waals surface area contributed by atoms with Crippen LogP contribution in [-0.4, -0.2) is 51.8 Å². The number of aliphatic hydroxyl groups excluding tert-OH is 1. The first-order valence-corrected chi connectivity index (χ1v) is 11.1. The maximum absolute atomic E-state index is 9.46. The Hall–Kier alpha value is -2.58. The maximum atomic E-state index is 9.46. The fourth-order valence-electron chi connectivity index (χ4n) is 3.98. The van der Waals surface area contributed by atoms with Crippen molar-refractivity contribution in [2.75, 3.05) is 13.1 Å². The minimum atomic E-state index is -0.317. The summed E-state index contributed by atoms with van der Waals surface area (Å²) in [7, 11) is 1.96. The zero-order valence-corrected chi connectivity index (χ0v) is 19.1. The average Bonchev–Trinajstić information content (AvgIpc) is 3.08. The zero-order chi connectivity index (χ0) is 22.4. The van der Waals surface area contributed by atoms with Crippen LogP contribution < -0.4 is 21.1 Å². The zero-order valence-electron chi connectivity index (χ0n) is 19.1. The average molecular weight is 429 g/mol. The van der Waals surface area contributed by atoms with Gasteiger partial charge in [0.1, 0.15) is 17.1 Å². The lowest BCUT2D eigenvalue weighted by Gasteiger charge is -2.30. The molecule has 31 heavy (non-hydrogen) atoms. The molecular formula is C23H36N6O2. The first kappa shape index (κ1) is 23.1. The molecule has 8 nitrogen and oxygen atoms in total. The van der Waals surface area contributed by atoms with Gasteiger partial charge in [0.05, 0.1) is 29.7 Å². The van der Waals surface area contributed by atoms with E-state index in [2.05, 4.69) is 20.6 Å². The van der Waals surface area contributed by atoms with Crippen molar-refractivity contribution in [1.29, 1.82) is 0 Å². The van der Waals surface area contributed by atoms with Crippen molar-refractivity contribution in [2.45, 2.75) is 64.7 Å². The topological polar surface area (TPSA) is 110 Å². The molecule has 1 heterocycles. The van der Waals surface area contributed by atoms with Crippen molar-refractivity contribution in [1.82, 2.24) is 20.2 Å². The molecular weight excluding hydrogens is 392 g/mol. The van der Waals surface area contributed by atoms with E-state index in [-0.39, 0.29) is 12.2 Å². The number of aromatic nitrogens is 2. The van der Waals surface area contributed by atoms with Crippen molar-refractivity contribution >= 4 is 22.6 Å². The minimum Gasteiger partial charge on any atom is -0.490 e. The summed E-state index contributed by atoms with van der Waals surface area (Å²) in [4.78, 5) is 9.12. The molecule has 1 atom stereocenters. The third-order valence-corrected chi connectivity index (χ3v) is 5.53. The Morgan fingerprint density at radius 3 is 2.81 bits per heavy atom. The van der Waals surface area contributed by atoms with Gasteiger partial charge in [-0.25, -0.2) is 9.98 Å². The van der Waals surface area contributed by atoms with Gasteiger partial charge < -0.3 is 30.8 Å². The van der Waals surface area contributed by atoms with Crippen molar-refractivity contribution in [2.24, 2.45) is 17.8 Å². The summed E-state index contributed by atoms with van der Waals surface area (Å²) in [5.41, 5.74) is 9.61. The molecule has 1 aromatic heterocycles. The molecule has 2 aromatic rings. The van der Waals surface area contributed by atoms with Crippen LogP contribution in [0.3, 0.4) is 0 Å². The van der Waals surface area contributed by atoms with Gasteiger partial charge in [-0.15, -0.1) is 0 Å². The van der Waals surface area contributed by atoms with E-state index in [0.717, 1.165) is 54.7 Å². The van der Waals surface area contributed by atoms with E-state index in [1.165, 1.54) is 0 Å². The molecule has 0 spiro atoms. The second-order valence-electron chi connectivity index (χ2n) is 8.41. The summed E-state index contributed by atoms with van der Waals surface area (Å²) in [6.07, 6.45) is 7.49. The molecule has 0 radical (unpaired) electrons. The standard InChI is InChI=1S/C23H36N6O2/c1-5-25-15(2)10-22(24)28-20-11-19(12-21-23(20)27-14-29(21)4)31-18-8-6-17(7-9-18)26-13-16(3)30/h10-12,14,16-18,25-26,30H,5-9,13H2,1-4H3,(H2,24,28)/b15-10-/t16-,17?,18?/m0/s1. The number of imidazole rings is 1. The number of nitrogens with zero attached hydrogens (tertiary/aromatic N) is 3. The minimum absolute atomic E-state index is 0.167. The monoisotopic (exact) mass is 428 g/mol. The van der Waals surface area contributed by atoms with Gasteiger partial charge in [-0.1, -0.05) is 0 Å². The number of rotatable bonds is 9. The number of aryl methyl sites for hydroxylation is 1. The van der Waals surface area contributed by atoms with E-state index >= 15 is 0 Å². The molecule has 0 aliphatic heterocycles. The van der Waals surface area contributed by atoms with Crippen molar-refractivity contribution in [3.8, 4) is 5.75 Å². The lowest BCUT2D eigenvalue weighted by atomic mass is 9.93. The fraction of sp³-hybridized carbons (Fsp3) is 0.565. The highest BCUT2D eigenvalue weighted by Crippen LogP contribution is 2.32. The molecule has 1 aliphatic rings. The van der Waals surface area contributed by atoms with Crippen LogP contribution in [0.1, 0.15) is 46.5 Å². The number of fused-ring (bicyclic) bond motifs is 1. The predicted octanol–water partition coefficient (Wildman–Crippen LogP) is 2.74. The number of ether oxygens (including phenoxy) is 1. The number of aliphatic imine (C=N–C) groups is 1. The first-order valence-electron chi connectivity index (χ1n) is 11.1. The molecule has 0 unspecified atom stereocenters. The highest BCUT2D eigenvalue weighted by molar-refractivity contribution is 5.98. The van der Waals surface area contributed by atoms with Gasteiger partial charge in [-0.05, 0) is 52.5 Å². The van der Waals surface area contributed by atoms with E-state index < -0.39 is 0 Å². The number of allylic oxidation sites excluding steroid dienone is 1. The Labute approximate surface area is 184 Å². The maximum Gasteiger partial charge on any atom is 0.125 e. The smallest absolute Gasteiger partial charge is 0.125 e. The molecule has 1 aliphatic carbocycles. The van der Waals surface area contributed by atoms with Crippen LogP contribution in [0.4, 0.5) is 5.69 Å². The molecule has 5 N–H and O–H groups in total. The predicted molar refractivity (Wildman–Crippen MR) is 126 cm³/mol. The molecule has 170 valence electrons. The Kier molecular flexibility index (Phi) is 7.92. The Morgan fingerprint density at radius 1 is 1.39 bits per heavy atom. The summed E-state index contributed by atoms with van der Waals surface area (Å²) >= 11 is 0. The van der Waals surface area contributed by atoms with Crippen LogP contribution in [0.15, 0.2) is 35.2 Å². The number of benzene rings is 1. The molecule has 0 bridgehead atoms. The van der Waals surface area contributed by atoms with Crippen LogP contribution >= 0.6 is 0 Å². The number of amidine groups is 1. The molecule has 0 amide bonds. The van der Waals surface area contributed by atoms with Gasteiger partial charge in [-0.3, -0.25) is 0 Å². The molecule has 8 heteroatoms. The van der Waals surface area contributed by atoms with E-state index in [9.17, 15) is 5.11 Å². The van der Waals surface area contributed by atoms with Gasteiger partial charge in [-0.2, -0.15) is 0 Å². The highest BCUT2D eigenvalue weighted by atomic mass is 16.5. The van der Waals surface area contributed by atoms with Crippen LogP contribution in [0.2, 0.25) is 0 Å². The Balaban J connectivity index is 1.75. The number of hydrogen-bond acceptors (Lipinski definition) is 6. The van der Waals surface area contributed by atoms with E-state index in [1.54, 1.807) is 13.3 Å². The van der Waals surface area contributed by atoms with Gasteiger partial charge in [0, 0.05) is 44.0 Å². The third-order valence-electron chi connectivity index (χ3n) is 5.53. The first-order chi connectivity index (χ1) is 14.9. The summed E-state index contributed by atoms with van der Waals surface area (Å²) < 4.78 is 8.31. The normalized spacial score (nSPS) is 21.3. The van der Waals surface area contributed by atoms with Crippen LogP contribution in [0, 0.1) is 0 Å². The van der Waals surface area contributed by atoms with Gasteiger partial charge >= 0.3 is 0 Å².